The number of halogens is 1. The number of ketones is 1. The molecule has 2 aromatic heterocycles. The number of carbonyl (C=O) groups is 2. The van der Waals surface area contributed by atoms with E-state index in [-0.39, 0.29) is 11.6 Å². The summed E-state index contributed by atoms with van der Waals surface area (Å²) in [5, 5.41) is 2.49. The number of hydrogen-bond donors (Lipinski definition) is 2. The second-order valence-electron chi connectivity index (χ2n) is 7.31. The maximum absolute atomic E-state index is 13.2. The number of alkyl halides is 1. The van der Waals surface area contributed by atoms with Crippen molar-refractivity contribution in [2.45, 2.75) is 38.8 Å². The van der Waals surface area contributed by atoms with E-state index in [1.807, 2.05) is 36.4 Å². The van der Waals surface area contributed by atoms with Gasteiger partial charge in [0.25, 0.3) is 5.91 Å². The fourth-order valence-electron chi connectivity index (χ4n) is 3.77. The number of pyridine rings is 1. The first-order chi connectivity index (χ1) is 14.0. The summed E-state index contributed by atoms with van der Waals surface area (Å²) >= 11 is 0. The highest BCUT2D eigenvalue weighted by Crippen LogP contribution is 2.35. The Labute approximate surface area is 168 Å². The van der Waals surface area contributed by atoms with E-state index in [9.17, 15) is 14.0 Å². The quantitative estimate of drug-likeness (QED) is 0.673. The van der Waals surface area contributed by atoms with Crippen LogP contribution in [0.3, 0.4) is 0 Å². The smallest absolute Gasteiger partial charge is 0.259 e. The number of H-pyrrole nitrogens is 1. The second-order valence-corrected chi connectivity index (χ2v) is 7.31. The van der Waals surface area contributed by atoms with Gasteiger partial charge in [-0.3, -0.25) is 9.59 Å². The van der Waals surface area contributed by atoms with Crippen molar-refractivity contribution in [2.75, 3.05) is 5.32 Å². The zero-order chi connectivity index (χ0) is 20.4. The number of rotatable bonds is 5. The maximum atomic E-state index is 13.2. The van der Waals surface area contributed by atoms with Gasteiger partial charge >= 0.3 is 0 Å². The average Bonchev–Trinajstić information content (AvgIpc) is 3.08. The van der Waals surface area contributed by atoms with Gasteiger partial charge in [0, 0.05) is 35.9 Å². The molecule has 1 aliphatic rings. The van der Waals surface area contributed by atoms with Crippen LogP contribution in [-0.2, 0) is 17.6 Å². The lowest BCUT2D eigenvalue weighted by molar-refractivity contribution is -0.120. The summed E-state index contributed by atoms with van der Waals surface area (Å²) in [6, 6.07) is 13.5. The van der Waals surface area contributed by atoms with Crippen LogP contribution in [0.4, 0.5) is 10.2 Å². The first-order valence-corrected chi connectivity index (χ1v) is 9.75. The minimum absolute atomic E-state index is 0.161. The Hall–Kier alpha value is -3.28. The summed E-state index contributed by atoms with van der Waals surface area (Å²) < 4.78 is 13.2. The van der Waals surface area contributed by atoms with Crippen molar-refractivity contribution < 1.29 is 14.0 Å². The van der Waals surface area contributed by atoms with Gasteiger partial charge in [0.1, 0.15) is 5.82 Å². The molecule has 1 atom stereocenters. The molecule has 5 nitrogen and oxygen atoms in total. The molecule has 2 N–H and O–H groups in total. The molecule has 3 aromatic rings. The van der Waals surface area contributed by atoms with E-state index in [0.29, 0.717) is 12.8 Å². The lowest BCUT2D eigenvalue weighted by Gasteiger charge is -2.12. The number of aryl methyl sites for hydroxylation is 1. The predicted octanol–water partition coefficient (Wildman–Crippen LogP) is 4.48. The number of fused-ring (bicyclic) bond motifs is 1. The number of nitrogens with zero attached hydrogens (tertiary/aromatic N) is 1. The summed E-state index contributed by atoms with van der Waals surface area (Å²) in [4.78, 5) is 31.9. The Morgan fingerprint density at radius 2 is 2.03 bits per heavy atom. The lowest BCUT2D eigenvalue weighted by atomic mass is 9.90. The molecule has 6 heteroatoms. The van der Waals surface area contributed by atoms with E-state index in [2.05, 4.69) is 15.3 Å². The number of anilines is 1. The molecule has 0 spiro atoms. The van der Waals surface area contributed by atoms with Crippen molar-refractivity contribution in [3.63, 3.8) is 0 Å². The van der Waals surface area contributed by atoms with E-state index in [4.69, 9.17) is 0 Å². The summed E-state index contributed by atoms with van der Waals surface area (Å²) in [6.45, 7) is 1.18. The topological polar surface area (TPSA) is 74.8 Å². The molecule has 1 aliphatic carbocycles. The van der Waals surface area contributed by atoms with Gasteiger partial charge < -0.3 is 10.3 Å². The summed E-state index contributed by atoms with van der Waals surface area (Å²) in [5.74, 6) is -0.296. The van der Waals surface area contributed by atoms with E-state index >= 15 is 0 Å². The molecule has 0 saturated heterocycles. The zero-order valence-corrected chi connectivity index (χ0v) is 16.2. The third-order valence-electron chi connectivity index (χ3n) is 5.18. The first-order valence-electron chi connectivity index (χ1n) is 9.75. The minimum Gasteiger partial charge on any atom is -0.358 e. The average molecular weight is 391 g/mol. The SMILES string of the molecule is CC(F)C(=O)Nc1cc(-c2[nH]c3c(c2Cc2ccccc2)C(=O)CCC3)ccn1. The fourth-order valence-corrected chi connectivity index (χ4v) is 3.77. The largest absolute Gasteiger partial charge is 0.358 e. The number of aromatic amines is 1. The van der Waals surface area contributed by atoms with E-state index < -0.39 is 12.1 Å². The first kappa shape index (κ1) is 19.1. The van der Waals surface area contributed by atoms with Crippen molar-refractivity contribution >= 4 is 17.5 Å². The molecule has 148 valence electrons. The molecule has 1 amide bonds. The van der Waals surface area contributed by atoms with Gasteiger partial charge in [-0.2, -0.15) is 0 Å². The Morgan fingerprint density at radius 1 is 1.24 bits per heavy atom. The lowest BCUT2D eigenvalue weighted by Crippen LogP contribution is -2.21. The highest BCUT2D eigenvalue weighted by atomic mass is 19.1. The molecule has 0 fully saturated rings. The minimum atomic E-state index is -1.62. The maximum Gasteiger partial charge on any atom is 0.259 e. The van der Waals surface area contributed by atoms with Crippen molar-refractivity contribution in [3.8, 4) is 11.3 Å². The number of carbonyl (C=O) groups excluding carboxylic acids is 2. The van der Waals surface area contributed by atoms with Crippen LogP contribution >= 0.6 is 0 Å². The number of Topliss-reactive ketones (excluding diaryl/α,β-unsaturated/α-hetero) is 1. The molecular formula is C23H22FN3O2. The number of aromatic nitrogens is 2. The summed E-state index contributed by atoms with van der Waals surface area (Å²) in [6.07, 6.45) is 2.79. The normalized spacial score (nSPS) is 14.3. The molecule has 29 heavy (non-hydrogen) atoms. The molecule has 2 heterocycles. The van der Waals surface area contributed by atoms with Crippen LogP contribution in [-0.4, -0.2) is 27.8 Å². The van der Waals surface area contributed by atoms with E-state index in [1.54, 1.807) is 12.3 Å². The summed E-state index contributed by atoms with van der Waals surface area (Å²) in [5.41, 5.74) is 5.47. The fraction of sp³-hybridized carbons (Fsp3) is 0.261. The van der Waals surface area contributed by atoms with Gasteiger partial charge in [-0.15, -0.1) is 0 Å². The van der Waals surface area contributed by atoms with Crippen molar-refractivity contribution in [1.29, 1.82) is 0 Å². The van der Waals surface area contributed by atoms with Crippen molar-refractivity contribution in [2.24, 2.45) is 0 Å². The second kappa shape index (κ2) is 7.99. The number of benzene rings is 1. The molecule has 0 bridgehead atoms. The van der Waals surface area contributed by atoms with Gasteiger partial charge in [0.05, 0.1) is 5.69 Å². The molecular weight excluding hydrogens is 369 g/mol. The number of hydrogen-bond acceptors (Lipinski definition) is 3. The van der Waals surface area contributed by atoms with E-state index in [0.717, 1.165) is 46.5 Å². The highest BCUT2D eigenvalue weighted by Gasteiger charge is 2.26. The van der Waals surface area contributed by atoms with Crippen LogP contribution in [0.15, 0.2) is 48.7 Å². The van der Waals surface area contributed by atoms with Crippen LogP contribution in [0.25, 0.3) is 11.3 Å². The Bertz CT molecular complexity index is 1060. The standard InChI is InChI=1S/C23H22FN3O2/c1-14(24)23(29)27-20-13-16(10-11-25-20)22-17(12-15-6-3-2-4-7-15)21-18(26-22)8-5-9-19(21)28/h2-4,6-7,10-11,13-14,26H,5,8-9,12H2,1H3,(H,25,27,29). The number of amides is 1. The molecule has 0 radical (unpaired) electrons. The van der Waals surface area contributed by atoms with Gasteiger partial charge in [0.15, 0.2) is 12.0 Å². The molecule has 1 aromatic carbocycles. The number of nitrogens with one attached hydrogen (secondary N) is 2. The Balaban J connectivity index is 1.77. The van der Waals surface area contributed by atoms with Crippen LogP contribution in [0.1, 0.15) is 46.9 Å². The monoisotopic (exact) mass is 391 g/mol. The third kappa shape index (κ3) is 3.97. The van der Waals surface area contributed by atoms with Gasteiger partial charge in [0.2, 0.25) is 0 Å². The van der Waals surface area contributed by atoms with Gasteiger partial charge in [-0.1, -0.05) is 30.3 Å². The van der Waals surface area contributed by atoms with E-state index in [1.165, 1.54) is 6.92 Å². The van der Waals surface area contributed by atoms with Crippen molar-refractivity contribution in [3.05, 3.63) is 71.0 Å². The highest BCUT2D eigenvalue weighted by molar-refractivity contribution is 6.01. The van der Waals surface area contributed by atoms with Gasteiger partial charge in [-0.05, 0) is 43.0 Å². The van der Waals surface area contributed by atoms with Crippen LogP contribution < -0.4 is 5.32 Å². The molecule has 0 aliphatic heterocycles. The molecule has 0 saturated carbocycles. The summed E-state index contributed by atoms with van der Waals surface area (Å²) in [7, 11) is 0. The van der Waals surface area contributed by atoms with Crippen LogP contribution in [0, 0.1) is 0 Å². The van der Waals surface area contributed by atoms with Crippen molar-refractivity contribution in [1.82, 2.24) is 9.97 Å². The zero-order valence-electron chi connectivity index (χ0n) is 16.2. The molecule has 4 rings (SSSR count). The Kier molecular flexibility index (Phi) is 5.25. The van der Waals surface area contributed by atoms with Gasteiger partial charge in [-0.25, -0.2) is 9.37 Å². The Morgan fingerprint density at radius 3 is 2.79 bits per heavy atom. The van der Waals surface area contributed by atoms with Crippen LogP contribution in [0.5, 0.6) is 0 Å². The third-order valence-corrected chi connectivity index (χ3v) is 5.18. The van der Waals surface area contributed by atoms with Crippen LogP contribution in [0.2, 0.25) is 0 Å². The predicted molar refractivity (Wildman–Crippen MR) is 110 cm³/mol. The molecule has 1 unspecified atom stereocenters.